The molecular weight excluding hydrogens is 434 g/mol. The van der Waals surface area contributed by atoms with Crippen molar-refractivity contribution < 1.29 is 22.7 Å². The van der Waals surface area contributed by atoms with E-state index in [0.717, 1.165) is 18.5 Å². The van der Waals surface area contributed by atoms with Crippen molar-refractivity contribution in [1.29, 1.82) is 0 Å². The Bertz CT molecular complexity index is 1090. The highest BCUT2D eigenvalue weighted by atomic mass is 32.2. The Morgan fingerprint density at radius 3 is 2.53 bits per heavy atom. The largest absolute Gasteiger partial charge is 0.496 e. The van der Waals surface area contributed by atoms with E-state index in [0.29, 0.717) is 41.6 Å². The summed E-state index contributed by atoms with van der Waals surface area (Å²) in [6.45, 7) is 1.37. The number of amides is 2. The van der Waals surface area contributed by atoms with E-state index in [4.69, 9.17) is 4.74 Å². The normalized spacial score (nSPS) is 16.9. The summed E-state index contributed by atoms with van der Waals surface area (Å²) in [7, 11) is 0.607. The molecule has 0 spiro atoms. The predicted octanol–water partition coefficient (Wildman–Crippen LogP) is 0.520. The molecule has 1 aliphatic heterocycles. The van der Waals surface area contributed by atoms with Crippen LogP contribution in [0.15, 0.2) is 24.3 Å². The van der Waals surface area contributed by atoms with Crippen LogP contribution < -0.4 is 10.1 Å². The predicted molar refractivity (Wildman–Crippen MR) is 117 cm³/mol. The van der Waals surface area contributed by atoms with Crippen LogP contribution in [0.4, 0.5) is 0 Å². The van der Waals surface area contributed by atoms with Crippen molar-refractivity contribution >= 4 is 22.7 Å². The molecule has 0 radical (unpaired) electrons. The number of carbonyl (C=O) groups excluding carboxylic acids is 2. The number of nitrogens with one attached hydrogen (secondary N) is 1. The van der Waals surface area contributed by atoms with Gasteiger partial charge in [0.25, 0.3) is 11.8 Å². The molecule has 2 aliphatic rings. The van der Waals surface area contributed by atoms with E-state index >= 15 is 0 Å². The van der Waals surface area contributed by atoms with Gasteiger partial charge in [-0.05, 0) is 25.0 Å². The van der Waals surface area contributed by atoms with E-state index in [-0.39, 0.29) is 31.4 Å². The van der Waals surface area contributed by atoms with Crippen LogP contribution in [0.2, 0.25) is 0 Å². The highest BCUT2D eigenvalue weighted by Crippen LogP contribution is 2.39. The molecule has 1 aromatic heterocycles. The minimum atomic E-state index is -2.63. The van der Waals surface area contributed by atoms with Crippen LogP contribution in [-0.4, -0.2) is 72.5 Å². The smallest absolute Gasteiger partial charge is 0.269 e. The molecule has 0 atom stereocenters. The lowest BCUT2D eigenvalue weighted by Gasteiger charge is -2.31. The summed E-state index contributed by atoms with van der Waals surface area (Å²) < 4.78 is 30.7. The topological polar surface area (TPSA) is 114 Å². The van der Waals surface area contributed by atoms with Gasteiger partial charge in [0.2, 0.25) is 10.9 Å². The number of aromatic nitrogens is 2. The minimum Gasteiger partial charge on any atom is -0.496 e. The zero-order chi connectivity index (χ0) is 22.8. The lowest BCUT2D eigenvalue weighted by atomic mass is 10.1. The molecule has 172 valence electrons. The second-order valence-electron chi connectivity index (χ2n) is 8.02. The van der Waals surface area contributed by atoms with Crippen LogP contribution in [0.5, 0.6) is 5.75 Å². The van der Waals surface area contributed by atoms with E-state index in [1.54, 1.807) is 34.8 Å². The number of piperazine rings is 1. The fraction of sp³-hybridized carbons (Fsp3) is 0.476. The molecule has 2 amide bonds. The monoisotopic (exact) mass is 461 g/mol. The Morgan fingerprint density at radius 1 is 1.19 bits per heavy atom. The van der Waals surface area contributed by atoms with Crippen LogP contribution in [0.1, 0.15) is 50.9 Å². The number of aryl methyl sites for hydroxylation is 1. The molecular formula is C21H27N5O5S. The molecule has 2 fully saturated rings. The van der Waals surface area contributed by atoms with Crippen molar-refractivity contribution in [2.24, 2.45) is 7.05 Å². The quantitative estimate of drug-likeness (QED) is 0.581. The second kappa shape index (κ2) is 9.29. The van der Waals surface area contributed by atoms with E-state index in [9.17, 15) is 18.0 Å². The third kappa shape index (κ3) is 4.63. The van der Waals surface area contributed by atoms with Crippen molar-refractivity contribution in [2.75, 3.05) is 33.3 Å². The molecule has 2 aromatic rings. The summed E-state index contributed by atoms with van der Waals surface area (Å²) in [6.07, 6.45) is 2.22. The van der Waals surface area contributed by atoms with Gasteiger partial charge in [-0.15, -0.1) is 0 Å². The van der Waals surface area contributed by atoms with Gasteiger partial charge >= 0.3 is 0 Å². The van der Waals surface area contributed by atoms with Crippen molar-refractivity contribution in [1.82, 2.24) is 24.3 Å². The first-order valence-electron chi connectivity index (χ1n) is 10.6. The SMILES string of the molecule is COc1c(CNC(=O)c2cc(C3CC3)nn2C)cccc1C(=O)N1CCN([SH](=O)=O)CC1. The van der Waals surface area contributed by atoms with Crippen LogP contribution >= 0.6 is 0 Å². The van der Waals surface area contributed by atoms with Crippen molar-refractivity contribution in [2.45, 2.75) is 25.3 Å². The molecule has 1 saturated heterocycles. The number of methoxy groups -OCH3 is 1. The van der Waals surface area contributed by atoms with Crippen LogP contribution in [0.3, 0.4) is 0 Å². The fourth-order valence-electron chi connectivity index (χ4n) is 3.91. The average Bonchev–Trinajstić information content (AvgIpc) is 3.58. The van der Waals surface area contributed by atoms with Gasteiger partial charge in [0.1, 0.15) is 11.4 Å². The van der Waals surface area contributed by atoms with Crippen LogP contribution in [-0.2, 0) is 24.5 Å². The Morgan fingerprint density at radius 2 is 1.91 bits per heavy atom. The number of rotatable bonds is 7. The maximum Gasteiger partial charge on any atom is 0.269 e. The van der Waals surface area contributed by atoms with Gasteiger partial charge in [-0.3, -0.25) is 14.3 Å². The maximum atomic E-state index is 13.1. The number of carbonyl (C=O) groups is 2. The standard InChI is InChI=1S/C21H27N5O5S/c1-24-18(12-17(23-24)14-6-7-14)20(27)22-13-15-4-3-5-16(19(15)31-2)21(28)25-8-10-26(11-9-25)32(29)30/h3-5,12,14,32H,6-11,13H2,1-2H3,(H,22,27). The molecule has 1 aliphatic carbocycles. The second-order valence-corrected chi connectivity index (χ2v) is 9.06. The summed E-state index contributed by atoms with van der Waals surface area (Å²) in [5, 5.41) is 7.32. The Balaban J connectivity index is 1.45. The zero-order valence-electron chi connectivity index (χ0n) is 18.1. The van der Waals surface area contributed by atoms with E-state index in [1.807, 2.05) is 6.07 Å². The zero-order valence-corrected chi connectivity index (χ0v) is 19.0. The first-order chi connectivity index (χ1) is 15.4. The van der Waals surface area contributed by atoms with Gasteiger partial charge in [-0.2, -0.15) is 5.10 Å². The van der Waals surface area contributed by atoms with E-state index in [2.05, 4.69) is 10.4 Å². The number of hydrogen-bond donors (Lipinski definition) is 2. The first-order valence-corrected chi connectivity index (χ1v) is 11.7. The highest BCUT2D eigenvalue weighted by molar-refractivity contribution is 7.69. The van der Waals surface area contributed by atoms with Crippen molar-refractivity contribution in [3.05, 3.63) is 46.8 Å². The number of para-hydroxylation sites is 1. The van der Waals surface area contributed by atoms with Gasteiger partial charge < -0.3 is 15.0 Å². The van der Waals surface area contributed by atoms with Gasteiger partial charge in [-0.25, -0.2) is 12.7 Å². The summed E-state index contributed by atoms with van der Waals surface area (Å²) in [4.78, 5) is 27.4. The molecule has 0 bridgehead atoms. The molecule has 1 N–H and O–H groups in total. The van der Waals surface area contributed by atoms with Gasteiger partial charge in [0.05, 0.1) is 18.4 Å². The highest BCUT2D eigenvalue weighted by Gasteiger charge is 2.29. The van der Waals surface area contributed by atoms with Crippen molar-refractivity contribution in [3.63, 3.8) is 0 Å². The lowest BCUT2D eigenvalue weighted by Crippen LogP contribution is -2.48. The average molecular weight is 462 g/mol. The Labute approximate surface area is 188 Å². The number of nitrogens with zero attached hydrogens (tertiary/aromatic N) is 4. The molecule has 1 aromatic carbocycles. The summed E-state index contributed by atoms with van der Waals surface area (Å²) in [5.74, 6) is 0.394. The Hall–Kier alpha value is -2.92. The van der Waals surface area contributed by atoms with Gasteiger partial charge in [0, 0.05) is 51.3 Å². The summed E-state index contributed by atoms with van der Waals surface area (Å²) in [5.41, 5.74) is 2.51. The third-order valence-electron chi connectivity index (χ3n) is 5.87. The van der Waals surface area contributed by atoms with E-state index in [1.165, 1.54) is 11.4 Å². The molecule has 1 saturated carbocycles. The molecule has 10 nitrogen and oxygen atoms in total. The number of ether oxygens (including phenoxy) is 1. The molecule has 11 heteroatoms. The number of thiol groups is 1. The Kier molecular flexibility index (Phi) is 6.47. The van der Waals surface area contributed by atoms with Crippen LogP contribution in [0.25, 0.3) is 0 Å². The molecule has 0 unspecified atom stereocenters. The summed E-state index contributed by atoms with van der Waals surface area (Å²) in [6, 6.07) is 7.06. The number of benzene rings is 1. The molecule has 32 heavy (non-hydrogen) atoms. The first kappa shape index (κ1) is 22.3. The number of hydrogen-bond acceptors (Lipinski definition) is 6. The fourth-order valence-corrected chi connectivity index (χ4v) is 4.42. The molecule has 4 rings (SSSR count). The molecule has 2 heterocycles. The lowest BCUT2D eigenvalue weighted by molar-refractivity contribution is 0.0696. The summed E-state index contributed by atoms with van der Waals surface area (Å²) >= 11 is 0. The van der Waals surface area contributed by atoms with Crippen LogP contribution in [0, 0.1) is 0 Å². The van der Waals surface area contributed by atoms with Gasteiger partial charge in [-0.1, -0.05) is 12.1 Å². The maximum absolute atomic E-state index is 13.1. The van der Waals surface area contributed by atoms with Gasteiger partial charge in [0.15, 0.2) is 0 Å². The van der Waals surface area contributed by atoms with E-state index < -0.39 is 10.9 Å². The minimum absolute atomic E-state index is 0.192. The van der Waals surface area contributed by atoms with Crippen molar-refractivity contribution in [3.8, 4) is 5.75 Å². The third-order valence-corrected chi connectivity index (χ3v) is 6.73.